The van der Waals surface area contributed by atoms with Crippen LogP contribution in [-0.2, 0) is 6.42 Å². The van der Waals surface area contributed by atoms with Crippen molar-refractivity contribution in [2.75, 3.05) is 0 Å². The average molecular weight is 275 g/mol. The Labute approximate surface area is 115 Å². The van der Waals surface area contributed by atoms with E-state index in [-0.39, 0.29) is 11.2 Å². The van der Waals surface area contributed by atoms with E-state index in [1.165, 1.54) is 6.07 Å². The van der Waals surface area contributed by atoms with Crippen LogP contribution in [0, 0.1) is 5.82 Å². The van der Waals surface area contributed by atoms with E-state index < -0.39 is 0 Å². The van der Waals surface area contributed by atoms with Crippen LogP contribution in [-0.4, -0.2) is 0 Å². The van der Waals surface area contributed by atoms with Crippen molar-refractivity contribution >= 4 is 22.6 Å². The van der Waals surface area contributed by atoms with Gasteiger partial charge in [0, 0.05) is 5.39 Å². The van der Waals surface area contributed by atoms with E-state index in [9.17, 15) is 4.39 Å². The number of halogens is 2. The average Bonchev–Trinajstić information content (AvgIpc) is 2.85. The largest absolute Gasteiger partial charge is 0.459 e. The molecule has 0 spiro atoms. The van der Waals surface area contributed by atoms with Crippen molar-refractivity contribution in [3.05, 3.63) is 71.7 Å². The summed E-state index contributed by atoms with van der Waals surface area (Å²) in [6.45, 7) is 0. The van der Waals surface area contributed by atoms with Gasteiger partial charge in [-0.1, -0.05) is 36.4 Å². The molecular formula is C16H12ClFO. The Bertz CT molecular complexity index is 672. The molecule has 1 atom stereocenters. The number of hydrogen-bond donors (Lipinski definition) is 0. The minimum Gasteiger partial charge on any atom is -0.459 e. The first kappa shape index (κ1) is 12.2. The third-order valence-corrected chi connectivity index (χ3v) is 3.48. The summed E-state index contributed by atoms with van der Waals surface area (Å²) in [6.07, 6.45) is 0.411. The second-order valence-corrected chi connectivity index (χ2v) is 4.98. The number of alkyl halides is 1. The van der Waals surface area contributed by atoms with Gasteiger partial charge in [0.15, 0.2) is 0 Å². The molecule has 0 bridgehead atoms. The van der Waals surface area contributed by atoms with Crippen LogP contribution in [0.5, 0.6) is 0 Å². The molecule has 0 saturated heterocycles. The van der Waals surface area contributed by atoms with E-state index in [1.807, 2.05) is 30.3 Å². The molecule has 0 aliphatic heterocycles. The number of hydrogen-bond acceptors (Lipinski definition) is 1. The fraction of sp³-hybridized carbons (Fsp3) is 0.125. The lowest BCUT2D eigenvalue weighted by atomic mass is 10.1. The lowest BCUT2D eigenvalue weighted by molar-refractivity contribution is 0.533. The molecule has 0 amide bonds. The van der Waals surface area contributed by atoms with Crippen molar-refractivity contribution in [2.45, 2.75) is 11.8 Å². The predicted molar refractivity (Wildman–Crippen MR) is 74.9 cm³/mol. The van der Waals surface area contributed by atoms with E-state index >= 15 is 0 Å². The van der Waals surface area contributed by atoms with E-state index in [4.69, 9.17) is 16.0 Å². The van der Waals surface area contributed by atoms with Gasteiger partial charge in [0.1, 0.15) is 17.2 Å². The maximum atomic E-state index is 13.6. The van der Waals surface area contributed by atoms with Crippen molar-refractivity contribution in [1.82, 2.24) is 0 Å². The van der Waals surface area contributed by atoms with Crippen LogP contribution < -0.4 is 0 Å². The third-order valence-electron chi connectivity index (χ3n) is 3.11. The lowest BCUT2D eigenvalue weighted by Gasteiger charge is -2.07. The fourth-order valence-corrected chi connectivity index (χ4v) is 2.39. The summed E-state index contributed by atoms with van der Waals surface area (Å²) in [4.78, 5) is 0. The summed E-state index contributed by atoms with van der Waals surface area (Å²) in [7, 11) is 0. The van der Waals surface area contributed by atoms with Gasteiger partial charge in [0.2, 0.25) is 0 Å². The predicted octanol–water partition coefficient (Wildman–Crippen LogP) is 5.09. The number of rotatable bonds is 3. The fourth-order valence-electron chi connectivity index (χ4n) is 2.11. The summed E-state index contributed by atoms with van der Waals surface area (Å²) < 4.78 is 19.3. The van der Waals surface area contributed by atoms with E-state index in [0.29, 0.717) is 17.7 Å². The Balaban J connectivity index is 1.87. The first-order chi connectivity index (χ1) is 9.24. The van der Waals surface area contributed by atoms with Crippen LogP contribution >= 0.6 is 11.6 Å². The highest BCUT2D eigenvalue weighted by atomic mass is 35.5. The van der Waals surface area contributed by atoms with Crippen molar-refractivity contribution < 1.29 is 8.81 Å². The quantitative estimate of drug-likeness (QED) is 0.606. The number of fused-ring (bicyclic) bond motifs is 1. The monoisotopic (exact) mass is 274 g/mol. The lowest BCUT2D eigenvalue weighted by Crippen LogP contribution is -1.97. The zero-order chi connectivity index (χ0) is 13.2. The minimum absolute atomic E-state index is 0.232. The second kappa shape index (κ2) is 5.06. The molecule has 96 valence electrons. The maximum absolute atomic E-state index is 13.6. The molecule has 0 fully saturated rings. The Morgan fingerprint density at radius 3 is 2.58 bits per heavy atom. The summed E-state index contributed by atoms with van der Waals surface area (Å²) in [5.74, 6) is 0.440. The zero-order valence-corrected chi connectivity index (χ0v) is 10.9. The van der Waals surface area contributed by atoms with E-state index in [2.05, 4.69) is 0 Å². The highest BCUT2D eigenvalue weighted by Gasteiger charge is 2.15. The van der Waals surface area contributed by atoms with E-state index in [0.717, 1.165) is 11.0 Å². The first-order valence-electron chi connectivity index (χ1n) is 6.10. The van der Waals surface area contributed by atoms with Gasteiger partial charge in [-0.3, -0.25) is 0 Å². The standard InChI is InChI=1S/C16H12ClFO/c17-13(9-11-5-1-3-7-14(11)18)16-10-12-6-2-4-8-15(12)19-16/h1-8,10,13H,9H2. The Morgan fingerprint density at radius 1 is 1.05 bits per heavy atom. The van der Waals surface area contributed by atoms with Gasteiger partial charge in [0.25, 0.3) is 0 Å². The molecule has 3 heteroatoms. The van der Waals surface area contributed by atoms with Gasteiger partial charge >= 0.3 is 0 Å². The molecule has 3 rings (SSSR count). The van der Waals surface area contributed by atoms with Crippen LogP contribution in [0.1, 0.15) is 16.7 Å². The van der Waals surface area contributed by atoms with Crippen LogP contribution in [0.2, 0.25) is 0 Å². The molecule has 19 heavy (non-hydrogen) atoms. The van der Waals surface area contributed by atoms with Crippen LogP contribution in [0.25, 0.3) is 11.0 Å². The first-order valence-corrected chi connectivity index (χ1v) is 6.53. The smallest absolute Gasteiger partial charge is 0.134 e. The van der Waals surface area contributed by atoms with Gasteiger partial charge in [-0.05, 0) is 30.2 Å². The summed E-state index contributed by atoms with van der Waals surface area (Å²) in [5, 5.41) is 0.640. The molecule has 0 aliphatic rings. The van der Waals surface area contributed by atoms with Crippen molar-refractivity contribution in [2.24, 2.45) is 0 Å². The van der Waals surface area contributed by atoms with Gasteiger partial charge in [-0.25, -0.2) is 4.39 Å². The van der Waals surface area contributed by atoms with Crippen molar-refractivity contribution in [3.63, 3.8) is 0 Å². The zero-order valence-electron chi connectivity index (χ0n) is 10.1. The summed E-state index contributed by atoms with van der Waals surface area (Å²) in [5.41, 5.74) is 1.40. The molecule has 3 aromatic rings. The Hall–Kier alpha value is -1.80. The number of furan rings is 1. The molecule has 0 aliphatic carbocycles. The van der Waals surface area contributed by atoms with Crippen molar-refractivity contribution in [3.8, 4) is 0 Å². The topological polar surface area (TPSA) is 13.1 Å². The Kier molecular flexibility index (Phi) is 3.26. The SMILES string of the molecule is Fc1ccccc1CC(Cl)c1cc2ccccc2o1. The van der Waals surface area contributed by atoms with Gasteiger partial charge in [-0.2, -0.15) is 0 Å². The van der Waals surface area contributed by atoms with Crippen LogP contribution in [0.3, 0.4) is 0 Å². The highest BCUT2D eigenvalue weighted by Crippen LogP contribution is 2.30. The molecule has 1 nitrogen and oxygen atoms in total. The molecule has 1 heterocycles. The van der Waals surface area contributed by atoms with Gasteiger partial charge in [-0.15, -0.1) is 11.6 Å². The van der Waals surface area contributed by atoms with Crippen LogP contribution in [0.4, 0.5) is 4.39 Å². The molecule has 1 aromatic heterocycles. The molecular weight excluding hydrogens is 263 g/mol. The Morgan fingerprint density at radius 2 is 1.79 bits per heavy atom. The maximum Gasteiger partial charge on any atom is 0.134 e. The van der Waals surface area contributed by atoms with Gasteiger partial charge < -0.3 is 4.42 Å². The number of para-hydroxylation sites is 1. The second-order valence-electron chi connectivity index (χ2n) is 4.45. The molecule has 0 radical (unpaired) electrons. The highest BCUT2D eigenvalue weighted by molar-refractivity contribution is 6.20. The molecule has 0 N–H and O–H groups in total. The molecule has 1 unspecified atom stereocenters. The van der Waals surface area contributed by atoms with Gasteiger partial charge in [0.05, 0.1) is 5.38 Å². The third kappa shape index (κ3) is 2.49. The minimum atomic E-state index is -0.371. The summed E-state index contributed by atoms with van der Waals surface area (Å²) in [6, 6.07) is 16.3. The van der Waals surface area contributed by atoms with Crippen LogP contribution in [0.15, 0.2) is 59.0 Å². The van der Waals surface area contributed by atoms with Crippen molar-refractivity contribution in [1.29, 1.82) is 0 Å². The normalized spacial score (nSPS) is 12.7. The molecule has 0 saturated carbocycles. The molecule has 2 aromatic carbocycles. The van der Waals surface area contributed by atoms with E-state index in [1.54, 1.807) is 18.2 Å². The summed E-state index contributed by atoms with van der Waals surface area (Å²) >= 11 is 6.32. The number of benzene rings is 2.